The molecular formula is C11H7N3O3. The first-order chi connectivity index (χ1) is 8.08. The Kier molecular flexibility index (Phi) is 3.84. The second-order valence-electron chi connectivity index (χ2n) is 3.03. The fraction of sp³-hybridized carbons (Fsp3) is 0. The van der Waals surface area contributed by atoms with Crippen molar-refractivity contribution in [1.29, 1.82) is 10.7 Å². The Labute approximate surface area is 96.5 Å². The lowest BCUT2D eigenvalue weighted by molar-refractivity contribution is -0.384. The van der Waals surface area contributed by atoms with Crippen LogP contribution in [0.3, 0.4) is 0 Å². The third-order valence-corrected chi connectivity index (χ3v) is 1.93. The van der Waals surface area contributed by atoms with E-state index in [0.717, 1.165) is 0 Å². The summed E-state index contributed by atoms with van der Waals surface area (Å²) in [5, 5.41) is 25.8. The zero-order chi connectivity index (χ0) is 12.8. The number of allylic oxidation sites excluding steroid dienone is 1. The summed E-state index contributed by atoms with van der Waals surface area (Å²) < 4.78 is 0. The molecule has 1 rings (SSSR count). The monoisotopic (exact) mass is 229 g/mol. The lowest BCUT2D eigenvalue weighted by atomic mass is 10.1. The van der Waals surface area contributed by atoms with Crippen molar-refractivity contribution in [2.45, 2.75) is 0 Å². The molecule has 1 aromatic rings. The van der Waals surface area contributed by atoms with Crippen LogP contribution in [0, 0.1) is 26.9 Å². The number of hydrogen-bond acceptors (Lipinski definition) is 5. The van der Waals surface area contributed by atoms with E-state index >= 15 is 0 Å². The summed E-state index contributed by atoms with van der Waals surface area (Å²) in [5.41, 5.74) is 0.232. The quantitative estimate of drug-likeness (QED) is 0.278. The predicted molar refractivity (Wildman–Crippen MR) is 60.5 cm³/mol. The van der Waals surface area contributed by atoms with E-state index in [1.807, 2.05) is 0 Å². The molecule has 0 unspecified atom stereocenters. The Morgan fingerprint density at radius 2 is 2.00 bits per heavy atom. The van der Waals surface area contributed by atoms with Crippen molar-refractivity contribution < 1.29 is 9.72 Å². The van der Waals surface area contributed by atoms with E-state index in [-0.39, 0.29) is 11.3 Å². The first-order valence-corrected chi connectivity index (χ1v) is 4.49. The number of benzene rings is 1. The molecule has 17 heavy (non-hydrogen) atoms. The maximum Gasteiger partial charge on any atom is 0.269 e. The molecule has 84 valence electrons. The second kappa shape index (κ2) is 5.32. The van der Waals surface area contributed by atoms with Crippen molar-refractivity contribution in [3.8, 4) is 6.07 Å². The Morgan fingerprint density at radius 1 is 1.41 bits per heavy atom. The smallest absolute Gasteiger partial charge is 0.269 e. The molecule has 0 atom stereocenters. The Morgan fingerprint density at radius 3 is 2.41 bits per heavy atom. The van der Waals surface area contributed by atoms with Crippen molar-refractivity contribution in [2.75, 3.05) is 0 Å². The van der Waals surface area contributed by atoms with Gasteiger partial charge in [-0.2, -0.15) is 5.26 Å². The van der Waals surface area contributed by atoms with Gasteiger partial charge < -0.3 is 5.41 Å². The summed E-state index contributed by atoms with van der Waals surface area (Å²) in [5.74, 6) is -0.703. The molecule has 0 aliphatic rings. The Hall–Kier alpha value is -2.81. The number of nitrogens with one attached hydrogen (secondary N) is 1. The molecular weight excluding hydrogens is 222 g/mol. The number of non-ortho nitro benzene ring substituents is 1. The van der Waals surface area contributed by atoms with E-state index in [2.05, 4.69) is 0 Å². The number of nitro benzene ring substituents is 1. The van der Waals surface area contributed by atoms with Crippen LogP contribution in [0.4, 0.5) is 5.69 Å². The minimum atomic E-state index is -0.703. The molecule has 0 radical (unpaired) electrons. The average molecular weight is 229 g/mol. The highest BCUT2D eigenvalue weighted by atomic mass is 16.6. The highest BCUT2D eigenvalue weighted by Crippen LogP contribution is 2.14. The van der Waals surface area contributed by atoms with Crippen LogP contribution < -0.4 is 0 Å². The summed E-state index contributed by atoms with van der Waals surface area (Å²) in [6.07, 6.45) is 1.82. The molecule has 6 heteroatoms. The van der Waals surface area contributed by atoms with E-state index in [1.165, 1.54) is 30.3 Å². The van der Waals surface area contributed by atoms with Crippen LogP contribution in [-0.2, 0) is 4.79 Å². The third-order valence-electron chi connectivity index (χ3n) is 1.93. The van der Waals surface area contributed by atoms with Gasteiger partial charge in [-0.25, -0.2) is 0 Å². The number of nitriles is 1. The van der Waals surface area contributed by atoms with Crippen LogP contribution in [0.5, 0.6) is 0 Å². The van der Waals surface area contributed by atoms with Gasteiger partial charge in [0.1, 0.15) is 11.6 Å². The number of nitro groups is 1. The molecule has 0 aliphatic carbocycles. The van der Waals surface area contributed by atoms with Crippen LogP contribution in [0.2, 0.25) is 0 Å². The number of nitrogens with zero attached hydrogens (tertiary/aromatic N) is 2. The van der Waals surface area contributed by atoms with Crippen molar-refractivity contribution in [2.24, 2.45) is 0 Å². The standard InChI is InChI=1S/C11H7N3O3/c12-6-9(11(15)7-13)5-8-1-3-10(4-2-8)14(16)17/h1-5,7,13H. The first-order valence-electron chi connectivity index (χ1n) is 4.49. The van der Waals surface area contributed by atoms with E-state index in [0.29, 0.717) is 11.8 Å². The number of carbonyl (C=O) groups is 1. The maximum atomic E-state index is 11.1. The molecule has 0 heterocycles. The Bertz CT molecular complexity index is 538. The lowest BCUT2D eigenvalue weighted by Gasteiger charge is -1.95. The van der Waals surface area contributed by atoms with Gasteiger partial charge in [-0.15, -0.1) is 0 Å². The number of rotatable bonds is 4. The van der Waals surface area contributed by atoms with E-state index in [9.17, 15) is 14.9 Å². The molecule has 0 amide bonds. The molecule has 0 spiro atoms. The molecule has 0 aliphatic heterocycles. The van der Waals surface area contributed by atoms with Crippen molar-refractivity contribution >= 4 is 23.8 Å². The van der Waals surface area contributed by atoms with Crippen molar-refractivity contribution in [1.82, 2.24) is 0 Å². The fourth-order valence-electron chi connectivity index (χ4n) is 1.10. The van der Waals surface area contributed by atoms with Crippen molar-refractivity contribution in [3.05, 3.63) is 45.5 Å². The molecule has 0 saturated carbocycles. The highest BCUT2D eigenvalue weighted by molar-refractivity contribution is 6.36. The van der Waals surface area contributed by atoms with E-state index in [1.54, 1.807) is 6.07 Å². The predicted octanol–water partition coefficient (Wildman–Crippen LogP) is 1.72. The van der Waals surface area contributed by atoms with Gasteiger partial charge in [-0.05, 0) is 23.8 Å². The SMILES string of the molecule is N#CC(=Cc1ccc([N+](=O)[O-])cc1)C(=O)C=N. The van der Waals surface area contributed by atoms with Crippen LogP contribution in [0.25, 0.3) is 6.08 Å². The summed E-state index contributed by atoms with van der Waals surface area (Å²) in [4.78, 5) is 20.9. The van der Waals surface area contributed by atoms with Gasteiger partial charge >= 0.3 is 0 Å². The lowest BCUT2D eigenvalue weighted by Crippen LogP contribution is -2.00. The summed E-state index contributed by atoms with van der Waals surface area (Å²) in [6, 6.07) is 7.06. The van der Waals surface area contributed by atoms with Gasteiger partial charge in [0.25, 0.3) is 5.69 Å². The minimum Gasteiger partial charge on any atom is -0.305 e. The van der Waals surface area contributed by atoms with E-state index in [4.69, 9.17) is 10.7 Å². The molecule has 6 nitrogen and oxygen atoms in total. The number of Topliss-reactive ketones (excluding diaryl/α,β-unsaturated/α-hetero) is 1. The molecule has 0 fully saturated rings. The van der Waals surface area contributed by atoms with Gasteiger partial charge in [0, 0.05) is 12.1 Å². The number of ketones is 1. The Balaban J connectivity index is 3.06. The van der Waals surface area contributed by atoms with Gasteiger partial charge in [0.2, 0.25) is 5.78 Å². The summed E-state index contributed by atoms with van der Waals surface area (Å²) >= 11 is 0. The average Bonchev–Trinajstić information content (AvgIpc) is 2.35. The van der Waals surface area contributed by atoms with Gasteiger partial charge in [0.15, 0.2) is 0 Å². The maximum absolute atomic E-state index is 11.1. The van der Waals surface area contributed by atoms with Gasteiger partial charge in [-0.3, -0.25) is 14.9 Å². The number of carbonyl (C=O) groups excluding carboxylic acids is 1. The van der Waals surface area contributed by atoms with Crippen LogP contribution in [0.15, 0.2) is 29.8 Å². The highest BCUT2D eigenvalue weighted by Gasteiger charge is 2.07. The molecule has 1 N–H and O–H groups in total. The summed E-state index contributed by atoms with van der Waals surface area (Å²) in [7, 11) is 0. The largest absolute Gasteiger partial charge is 0.305 e. The fourth-order valence-corrected chi connectivity index (χ4v) is 1.10. The van der Waals surface area contributed by atoms with Gasteiger partial charge in [0.05, 0.1) is 11.1 Å². The molecule has 0 bridgehead atoms. The zero-order valence-electron chi connectivity index (χ0n) is 8.58. The first kappa shape index (κ1) is 12.3. The molecule has 1 aromatic carbocycles. The summed E-state index contributed by atoms with van der Waals surface area (Å²) in [6.45, 7) is 0. The topological polar surface area (TPSA) is 108 Å². The van der Waals surface area contributed by atoms with Crippen LogP contribution in [0.1, 0.15) is 5.56 Å². The number of hydrogen-bond donors (Lipinski definition) is 1. The van der Waals surface area contributed by atoms with Gasteiger partial charge in [-0.1, -0.05) is 0 Å². The normalized spacial score (nSPS) is 10.4. The van der Waals surface area contributed by atoms with Crippen molar-refractivity contribution in [3.63, 3.8) is 0 Å². The minimum absolute atomic E-state index is 0.0703. The second-order valence-corrected chi connectivity index (χ2v) is 3.03. The van der Waals surface area contributed by atoms with Crippen LogP contribution in [-0.4, -0.2) is 16.9 Å². The molecule has 0 aromatic heterocycles. The molecule has 0 saturated heterocycles. The third kappa shape index (κ3) is 3.07. The van der Waals surface area contributed by atoms with Crippen LogP contribution >= 0.6 is 0 Å². The zero-order valence-corrected chi connectivity index (χ0v) is 8.58. The van der Waals surface area contributed by atoms with E-state index < -0.39 is 10.7 Å².